The summed E-state index contributed by atoms with van der Waals surface area (Å²) >= 11 is 0. The van der Waals surface area contributed by atoms with Crippen LogP contribution < -0.4 is 5.32 Å². The van der Waals surface area contributed by atoms with Gasteiger partial charge in [0, 0.05) is 6.42 Å². The SMILES string of the molecule is CC/C=C\C/C=C\C/C=C\C/C=C\C/C=C\CCCCCCCCCCCCCCCCCCCCCCCCCCCC(=O)NC(COP(=O)(O)OCC[N+](C)(C)C)C(O)/C=C/CC/C=C/CC/C=C/CCCCCCCCCCCCCCCCCCCCCCC. The Balaban J connectivity index is 3.98. The maximum Gasteiger partial charge on any atom is 0.472 e. The maximum atomic E-state index is 13.1. The number of likely N-dealkylation sites (N-methyl/N-ethyl adjacent to an activating group) is 1. The standard InChI is InChI=1S/C85H157N2O6P/c1-6-8-10-12-14-16-18-20-22-24-26-28-30-32-34-36-38-39-40-41-42-43-44-45-46-47-49-51-53-55-57-59-61-63-65-67-69-71-73-75-77-79-85(89)86-83(82-93-94(90,91)92-81-80-87(3,4)5)84(88)78-76-74-72-70-68-66-64-62-60-58-56-54-52-50-48-37-35-33-31-29-27-25-23-21-19-17-15-13-11-9-7-2/h8,10,14,16,20,22,26,28,32,34,60,62,68,70,76,78,83-84,88H,6-7,9,11-13,15,17-19,21,23-25,27,29-31,33,35-59,61,63-67,69,71-75,77,79-82H2,1-5H3,(H-,86,89,90,91)/p+1/b10-8-,16-14-,22-20-,28-26-,34-32-,62-60+,70-68+,78-76+. The molecule has 0 aliphatic carbocycles. The molecule has 0 spiro atoms. The van der Waals surface area contributed by atoms with Crippen molar-refractivity contribution >= 4 is 13.7 Å². The van der Waals surface area contributed by atoms with Crippen LogP contribution in [0, 0.1) is 0 Å². The van der Waals surface area contributed by atoms with Crippen LogP contribution in [0.5, 0.6) is 0 Å². The predicted molar refractivity (Wildman–Crippen MR) is 415 cm³/mol. The molecule has 0 aromatic rings. The predicted octanol–water partition coefficient (Wildman–Crippen LogP) is 26.8. The Bertz CT molecular complexity index is 1860. The molecule has 3 unspecified atom stereocenters. The number of aliphatic hydroxyl groups is 1. The molecule has 8 nitrogen and oxygen atoms in total. The number of rotatable bonds is 75. The van der Waals surface area contributed by atoms with Crippen LogP contribution in [0.25, 0.3) is 0 Å². The largest absolute Gasteiger partial charge is 0.472 e. The van der Waals surface area contributed by atoms with Gasteiger partial charge in [0.2, 0.25) is 5.91 Å². The number of aliphatic hydroxyl groups excluding tert-OH is 1. The number of carbonyl (C=O) groups excluding carboxylic acids is 1. The molecule has 548 valence electrons. The molecule has 0 rings (SSSR count). The highest BCUT2D eigenvalue weighted by Gasteiger charge is 2.28. The highest BCUT2D eigenvalue weighted by atomic mass is 31.2. The molecule has 0 aromatic heterocycles. The molecule has 3 N–H and O–H groups in total. The number of hydrogen-bond acceptors (Lipinski definition) is 5. The third kappa shape index (κ3) is 76.8. The van der Waals surface area contributed by atoms with E-state index in [0.717, 1.165) is 77.0 Å². The minimum Gasteiger partial charge on any atom is -0.387 e. The molecule has 0 fully saturated rings. The molecule has 0 heterocycles. The van der Waals surface area contributed by atoms with Crippen LogP contribution in [0.1, 0.15) is 386 Å². The van der Waals surface area contributed by atoms with Crippen molar-refractivity contribution in [2.75, 3.05) is 40.9 Å². The number of quaternary nitrogens is 1. The first-order valence-electron chi connectivity index (χ1n) is 40.6. The highest BCUT2D eigenvalue weighted by molar-refractivity contribution is 7.47. The molecule has 1 amide bonds. The number of hydrogen-bond donors (Lipinski definition) is 3. The third-order valence-electron chi connectivity index (χ3n) is 18.3. The first-order valence-corrected chi connectivity index (χ1v) is 42.1. The Labute approximate surface area is 585 Å². The van der Waals surface area contributed by atoms with Gasteiger partial charge in [0.15, 0.2) is 0 Å². The summed E-state index contributed by atoms with van der Waals surface area (Å²) < 4.78 is 23.9. The molecule has 0 aliphatic rings. The van der Waals surface area contributed by atoms with Gasteiger partial charge >= 0.3 is 7.82 Å². The van der Waals surface area contributed by atoms with Crippen LogP contribution in [0.4, 0.5) is 0 Å². The van der Waals surface area contributed by atoms with Crippen molar-refractivity contribution in [3.05, 3.63) is 97.2 Å². The molecule has 0 saturated heterocycles. The van der Waals surface area contributed by atoms with E-state index in [1.165, 1.54) is 289 Å². The van der Waals surface area contributed by atoms with E-state index in [1.807, 2.05) is 27.2 Å². The zero-order chi connectivity index (χ0) is 68.3. The third-order valence-corrected chi connectivity index (χ3v) is 19.2. The van der Waals surface area contributed by atoms with E-state index in [4.69, 9.17) is 9.05 Å². The van der Waals surface area contributed by atoms with Crippen molar-refractivity contribution in [2.24, 2.45) is 0 Å². The van der Waals surface area contributed by atoms with Crippen molar-refractivity contribution in [2.45, 2.75) is 398 Å². The van der Waals surface area contributed by atoms with E-state index in [0.29, 0.717) is 17.4 Å². The average molecular weight is 1340 g/mol. The summed E-state index contributed by atoms with van der Waals surface area (Å²) in [6, 6.07) is -0.874. The highest BCUT2D eigenvalue weighted by Crippen LogP contribution is 2.43. The number of amides is 1. The minimum atomic E-state index is -4.37. The first kappa shape index (κ1) is 91.4. The zero-order valence-electron chi connectivity index (χ0n) is 62.9. The van der Waals surface area contributed by atoms with E-state index in [-0.39, 0.29) is 19.1 Å². The summed E-state index contributed by atoms with van der Waals surface area (Å²) in [6.07, 6.45) is 109. The number of nitrogens with zero attached hydrogens (tertiary/aromatic N) is 1. The maximum absolute atomic E-state index is 13.1. The van der Waals surface area contributed by atoms with Gasteiger partial charge in [0.05, 0.1) is 39.9 Å². The number of nitrogens with one attached hydrogen (secondary N) is 1. The number of phosphoric acid groups is 1. The number of phosphoric ester groups is 1. The normalized spacial score (nSPS) is 14.0. The lowest BCUT2D eigenvalue weighted by atomic mass is 10.0. The molecule has 0 aromatic carbocycles. The molecule has 0 saturated carbocycles. The van der Waals surface area contributed by atoms with Gasteiger partial charge in [-0.2, -0.15) is 0 Å². The van der Waals surface area contributed by atoms with Gasteiger partial charge in [-0.05, 0) is 89.9 Å². The van der Waals surface area contributed by atoms with Gasteiger partial charge in [0.1, 0.15) is 13.2 Å². The lowest BCUT2D eigenvalue weighted by Crippen LogP contribution is -2.45. The summed E-state index contributed by atoms with van der Waals surface area (Å²) in [4.78, 5) is 23.5. The van der Waals surface area contributed by atoms with Gasteiger partial charge in [-0.3, -0.25) is 13.8 Å². The fraction of sp³-hybridized carbons (Fsp3) is 0.800. The first-order chi connectivity index (χ1) is 46.0. The van der Waals surface area contributed by atoms with E-state index < -0.39 is 20.0 Å². The van der Waals surface area contributed by atoms with Crippen LogP contribution >= 0.6 is 7.82 Å². The van der Waals surface area contributed by atoms with Crippen LogP contribution in [0.3, 0.4) is 0 Å². The zero-order valence-corrected chi connectivity index (χ0v) is 63.8. The number of unbranched alkanes of at least 4 members (excludes halogenated alkanes) is 48. The van der Waals surface area contributed by atoms with Crippen molar-refractivity contribution in [1.82, 2.24) is 5.32 Å². The smallest absolute Gasteiger partial charge is 0.387 e. The fourth-order valence-electron chi connectivity index (χ4n) is 12.0. The molecule has 0 aliphatic heterocycles. The Morgan fingerprint density at radius 3 is 0.979 bits per heavy atom. The molecular weight excluding hydrogens is 1180 g/mol. The lowest BCUT2D eigenvalue weighted by Gasteiger charge is -2.25. The molecule has 0 radical (unpaired) electrons. The monoisotopic (exact) mass is 1330 g/mol. The van der Waals surface area contributed by atoms with E-state index in [1.54, 1.807) is 6.08 Å². The van der Waals surface area contributed by atoms with Crippen LogP contribution in [0.15, 0.2) is 97.2 Å². The van der Waals surface area contributed by atoms with Crippen LogP contribution in [0.2, 0.25) is 0 Å². The van der Waals surface area contributed by atoms with Crippen molar-refractivity contribution in [1.29, 1.82) is 0 Å². The second-order valence-corrected chi connectivity index (χ2v) is 30.2. The van der Waals surface area contributed by atoms with Crippen molar-refractivity contribution in [3.63, 3.8) is 0 Å². The van der Waals surface area contributed by atoms with E-state index in [9.17, 15) is 19.4 Å². The molecule has 9 heteroatoms. The van der Waals surface area contributed by atoms with Gasteiger partial charge < -0.3 is 19.8 Å². The van der Waals surface area contributed by atoms with Gasteiger partial charge in [-0.1, -0.05) is 387 Å². The Morgan fingerprint density at radius 1 is 0.372 bits per heavy atom. The molecule has 3 atom stereocenters. The van der Waals surface area contributed by atoms with Gasteiger partial charge in [-0.15, -0.1) is 0 Å². The van der Waals surface area contributed by atoms with Gasteiger partial charge in [0.25, 0.3) is 0 Å². The Kier molecular flexibility index (Phi) is 72.6. The number of allylic oxidation sites excluding steroid dienone is 15. The Morgan fingerprint density at radius 2 is 0.649 bits per heavy atom. The summed E-state index contributed by atoms with van der Waals surface area (Å²) in [7, 11) is 1.56. The fourth-order valence-corrected chi connectivity index (χ4v) is 12.8. The summed E-state index contributed by atoms with van der Waals surface area (Å²) in [5, 5.41) is 14.0. The Hall–Kier alpha value is -2.58. The summed E-state index contributed by atoms with van der Waals surface area (Å²) in [5.74, 6) is -0.185. The topological polar surface area (TPSA) is 105 Å². The minimum absolute atomic E-state index is 0.0528. The summed E-state index contributed by atoms with van der Waals surface area (Å²) in [6.45, 7) is 4.72. The second kappa shape index (κ2) is 74.6. The summed E-state index contributed by atoms with van der Waals surface area (Å²) in [5.41, 5.74) is 0. The quantitative estimate of drug-likeness (QED) is 0.0243. The van der Waals surface area contributed by atoms with Crippen LogP contribution in [-0.4, -0.2) is 73.4 Å². The second-order valence-electron chi connectivity index (χ2n) is 28.7. The van der Waals surface area contributed by atoms with E-state index >= 15 is 0 Å². The average Bonchev–Trinajstić information content (AvgIpc) is 1.77. The molecular formula is C85H158N2O6P+. The van der Waals surface area contributed by atoms with Gasteiger partial charge in [-0.25, -0.2) is 4.57 Å². The van der Waals surface area contributed by atoms with Crippen molar-refractivity contribution < 1.29 is 32.9 Å². The molecule has 94 heavy (non-hydrogen) atoms. The van der Waals surface area contributed by atoms with Crippen LogP contribution in [-0.2, 0) is 18.4 Å². The van der Waals surface area contributed by atoms with E-state index in [2.05, 4.69) is 104 Å². The lowest BCUT2D eigenvalue weighted by molar-refractivity contribution is -0.870. The van der Waals surface area contributed by atoms with Crippen molar-refractivity contribution in [3.8, 4) is 0 Å². The molecule has 0 bridgehead atoms. The number of carbonyl (C=O) groups is 1.